The number of aryl methyl sites for hydroxylation is 2. The van der Waals surface area contributed by atoms with Gasteiger partial charge >= 0.3 is 0 Å². The summed E-state index contributed by atoms with van der Waals surface area (Å²) in [6.45, 7) is 4.89. The zero-order valence-electron chi connectivity index (χ0n) is 18.3. The van der Waals surface area contributed by atoms with Crippen molar-refractivity contribution in [3.05, 3.63) is 101 Å². The smallest absolute Gasteiger partial charge is 0.203 e. The van der Waals surface area contributed by atoms with Gasteiger partial charge in [0.25, 0.3) is 0 Å². The van der Waals surface area contributed by atoms with Gasteiger partial charge in [-0.05, 0) is 55.6 Å². The zero-order chi connectivity index (χ0) is 21.8. The predicted molar refractivity (Wildman–Crippen MR) is 129 cm³/mol. The van der Waals surface area contributed by atoms with Crippen LogP contribution in [0.5, 0.6) is 0 Å². The van der Waals surface area contributed by atoms with E-state index in [1.165, 1.54) is 34.3 Å². The molecule has 0 radical (unpaired) electrons. The first-order valence-electron chi connectivity index (χ1n) is 10.6. The minimum Gasteiger partial charge on any atom is -0.318 e. The van der Waals surface area contributed by atoms with E-state index in [4.69, 9.17) is 9.59 Å². The number of rotatable bonds is 8. The molecule has 31 heavy (non-hydrogen) atoms. The summed E-state index contributed by atoms with van der Waals surface area (Å²) in [4.78, 5) is 0. The molecule has 0 spiro atoms. The summed E-state index contributed by atoms with van der Waals surface area (Å²) >= 11 is 1.45. The van der Waals surface area contributed by atoms with Gasteiger partial charge in [0, 0.05) is 5.75 Å². The highest BCUT2D eigenvalue weighted by Crippen LogP contribution is 2.24. The normalized spacial score (nSPS) is 12.4. The van der Waals surface area contributed by atoms with Gasteiger partial charge in [0.15, 0.2) is 0 Å². The second-order valence-electron chi connectivity index (χ2n) is 8.05. The van der Waals surface area contributed by atoms with Crippen molar-refractivity contribution < 1.29 is 4.18 Å². The molecule has 1 atom stereocenters. The zero-order valence-corrected chi connectivity index (χ0v) is 19.2. The second kappa shape index (κ2) is 9.58. The molecule has 0 unspecified atom stereocenters. The highest BCUT2D eigenvalue weighted by atomic mass is 32.2. The molecule has 0 aliphatic heterocycles. The number of nitrogens with one attached hydrogen (secondary N) is 1. The van der Waals surface area contributed by atoms with Crippen LogP contribution in [0.2, 0.25) is 0 Å². The van der Waals surface area contributed by atoms with E-state index < -0.39 is 0 Å². The standard InChI is InChI=1S/C26H29N3OS/c1-19-8-12-21(13-9-19)16-23(18-31-30-3)29-25-7-5-4-6-24(25)28(26(29)27)17-22-14-10-20(2)11-15-22/h4-15,23,27H,16-18H2,1-3H3/t23-/m0/s1. The molecule has 1 aromatic heterocycles. The van der Waals surface area contributed by atoms with E-state index in [1.807, 2.05) is 0 Å². The van der Waals surface area contributed by atoms with Gasteiger partial charge in [-0.15, -0.1) is 0 Å². The SMILES string of the molecule is COSC[C@H](Cc1ccc(C)cc1)n1c(=N)n(Cc2ccc(C)cc2)c2ccccc21. The fourth-order valence-electron chi connectivity index (χ4n) is 4.03. The van der Waals surface area contributed by atoms with Gasteiger partial charge in [0.05, 0.1) is 30.7 Å². The molecule has 4 aromatic rings. The monoisotopic (exact) mass is 431 g/mol. The van der Waals surface area contributed by atoms with Crippen LogP contribution in [-0.2, 0) is 17.1 Å². The van der Waals surface area contributed by atoms with Crippen molar-refractivity contribution in [1.82, 2.24) is 9.13 Å². The van der Waals surface area contributed by atoms with Gasteiger partial charge < -0.3 is 13.3 Å². The number of benzene rings is 3. The number of aromatic nitrogens is 2. The summed E-state index contributed by atoms with van der Waals surface area (Å²) in [5.41, 5.74) is 7.68. The Labute approximate surface area is 188 Å². The van der Waals surface area contributed by atoms with Gasteiger partial charge in [-0.3, -0.25) is 5.41 Å². The van der Waals surface area contributed by atoms with E-state index in [9.17, 15) is 0 Å². The van der Waals surface area contributed by atoms with E-state index in [0.717, 1.165) is 23.2 Å². The minimum atomic E-state index is 0.115. The average Bonchev–Trinajstić information content (AvgIpc) is 3.05. The number of hydrogen-bond donors (Lipinski definition) is 1. The molecule has 0 aliphatic rings. The van der Waals surface area contributed by atoms with Gasteiger partial charge in [0.1, 0.15) is 0 Å². The summed E-state index contributed by atoms with van der Waals surface area (Å²) < 4.78 is 9.64. The molecule has 0 aliphatic carbocycles. The molecule has 0 saturated carbocycles. The first kappa shape index (κ1) is 21.5. The Balaban J connectivity index is 1.78. The number of imidazole rings is 1. The third-order valence-electron chi connectivity index (χ3n) is 5.71. The molecule has 4 nitrogen and oxygen atoms in total. The van der Waals surface area contributed by atoms with Crippen LogP contribution in [0.15, 0.2) is 72.8 Å². The maximum Gasteiger partial charge on any atom is 0.203 e. The Morgan fingerprint density at radius 1 is 0.839 bits per heavy atom. The summed E-state index contributed by atoms with van der Waals surface area (Å²) in [5.74, 6) is 0.777. The Hall–Kier alpha value is -2.76. The van der Waals surface area contributed by atoms with Crippen molar-refractivity contribution in [3.8, 4) is 0 Å². The molecule has 0 amide bonds. The third kappa shape index (κ3) is 4.78. The maximum atomic E-state index is 9.11. The molecule has 3 aromatic carbocycles. The van der Waals surface area contributed by atoms with Crippen molar-refractivity contribution in [2.45, 2.75) is 32.9 Å². The molecule has 5 heteroatoms. The molecule has 160 valence electrons. The van der Waals surface area contributed by atoms with Crippen LogP contribution < -0.4 is 5.62 Å². The van der Waals surface area contributed by atoms with Crippen LogP contribution in [-0.4, -0.2) is 22.0 Å². The number of para-hydroxylation sites is 2. The van der Waals surface area contributed by atoms with E-state index >= 15 is 0 Å². The van der Waals surface area contributed by atoms with Gasteiger partial charge in [-0.1, -0.05) is 71.8 Å². The molecule has 1 N–H and O–H groups in total. The fourth-order valence-corrected chi connectivity index (χ4v) is 4.59. The van der Waals surface area contributed by atoms with E-state index in [-0.39, 0.29) is 6.04 Å². The van der Waals surface area contributed by atoms with E-state index in [1.54, 1.807) is 7.11 Å². The van der Waals surface area contributed by atoms with Crippen LogP contribution in [0.1, 0.15) is 28.3 Å². The lowest BCUT2D eigenvalue weighted by Gasteiger charge is -2.19. The Morgan fingerprint density at radius 3 is 2.03 bits per heavy atom. The van der Waals surface area contributed by atoms with Gasteiger partial charge in [-0.2, -0.15) is 0 Å². The van der Waals surface area contributed by atoms with Crippen LogP contribution in [0, 0.1) is 19.3 Å². The van der Waals surface area contributed by atoms with Crippen LogP contribution in [0.25, 0.3) is 11.0 Å². The Bertz CT molecular complexity index is 1210. The summed E-state index contributed by atoms with van der Waals surface area (Å²) in [5, 5.41) is 9.11. The largest absolute Gasteiger partial charge is 0.318 e. The van der Waals surface area contributed by atoms with Crippen LogP contribution in [0.3, 0.4) is 0 Å². The predicted octanol–water partition coefficient (Wildman–Crippen LogP) is 5.67. The average molecular weight is 432 g/mol. The van der Waals surface area contributed by atoms with Gasteiger partial charge in [-0.25, -0.2) is 0 Å². The molecular weight excluding hydrogens is 402 g/mol. The Kier molecular flexibility index (Phi) is 6.64. The topological polar surface area (TPSA) is 42.9 Å². The molecule has 0 bridgehead atoms. The highest BCUT2D eigenvalue weighted by molar-refractivity contribution is 7.94. The van der Waals surface area contributed by atoms with E-state index in [2.05, 4.69) is 95.8 Å². The summed E-state index contributed by atoms with van der Waals surface area (Å²) in [6, 6.07) is 25.7. The molecule has 4 rings (SSSR count). The minimum absolute atomic E-state index is 0.115. The van der Waals surface area contributed by atoms with Crippen molar-refractivity contribution in [3.63, 3.8) is 0 Å². The molecule has 0 saturated heterocycles. The quantitative estimate of drug-likeness (QED) is 0.366. The van der Waals surface area contributed by atoms with Gasteiger partial charge in [0.2, 0.25) is 5.62 Å². The lowest BCUT2D eigenvalue weighted by Crippen LogP contribution is -2.30. The second-order valence-corrected chi connectivity index (χ2v) is 8.95. The lowest BCUT2D eigenvalue weighted by atomic mass is 10.1. The van der Waals surface area contributed by atoms with Crippen molar-refractivity contribution in [2.24, 2.45) is 0 Å². The molecule has 1 heterocycles. The number of fused-ring (bicyclic) bond motifs is 1. The first-order chi connectivity index (χ1) is 15.1. The van der Waals surface area contributed by atoms with Crippen LogP contribution in [0.4, 0.5) is 0 Å². The van der Waals surface area contributed by atoms with Crippen LogP contribution >= 0.6 is 12.0 Å². The maximum absolute atomic E-state index is 9.11. The highest BCUT2D eigenvalue weighted by Gasteiger charge is 2.20. The molecular formula is C26H29N3OS. The summed E-state index contributed by atoms with van der Waals surface area (Å²) in [6.07, 6.45) is 0.853. The van der Waals surface area contributed by atoms with E-state index in [0.29, 0.717) is 12.2 Å². The fraction of sp³-hybridized carbons (Fsp3) is 0.269. The first-order valence-corrected chi connectivity index (χ1v) is 11.5. The molecule has 0 fully saturated rings. The lowest BCUT2D eigenvalue weighted by molar-refractivity contribution is 0.471. The van der Waals surface area contributed by atoms with Crippen molar-refractivity contribution in [1.29, 1.82) is 5.41 Å². The number of nitrogens with zero attached hydrogens (tertiary/aromatic N) is 2. The number of hydrogen-bond acceptors (Lipinski definition) is 3. The van der Waals surface area contributed by atoms with Crippen molar-refractivity contribution in [2.75, 3.05) is 12.9 Å². The van der Waals surface area contributed by atoms with Crippen molar-refractivity contribution >= 4 is 23.1 Å². The summed E-state index contributed by atoms with van der Waals surface area (Å²) in [7, 11) is 1.71. The third-order valence-corrected chi connectivity index (χ3v) is 6.47. The Morgan fingerprint density at radius 2 is 1.42 bits per heavy atom.